The monoisotopic (exact) mass is 661 g/mol. The molecule has 1 unspecified atom stereocenters. The van der Waals surface area contributed by atoms with Gasteiger partial charge in [-0.2, -0.15) is 9.83 Å². The number of hydrogen-bond acceptors (Lipinski definition) is 8. The van der Waals surface area contributed by atoms with Crippen LogP contribution in [0.3, 0.4) is 0 Å². The highest BCUT2D eigenvalue weighted by Gasteiger charge is 2.44. The van der Waals surface area contributed by atoms with Gasteiger partial charge < -0.3 is 15.2 Å². The van der Waals surface area contributed by atoms with Crippen molar-refractivity contribution in [2.75, 3.05) is 12.4 Å². The van der Waals surface area contributed by atoms with Crippen LogP contribution < -0.4 is 9.88 Å². The lowest BCUT2D eigenvalue weighted by molar-refractivity contribution is -0.747. The third-order valence-corrected chi connectivity index (χ3v) is 9.06. The molecule has 9 nitrogen and oxygen atoms in total. The summed E-state index contributed by atoms with van der Waals surface area (Å²) in [4.78, 5) is 16.8. The number of aliphatic hydroxyl groups is 1. The predicted octanol–water partition coefficient (Wildman–Crippen LogP) is 6.04. The lowest BCUT2D eigenvalue weighted by Gasteiger charge is -2.32. The Kier molecular flexibility index (Phi) is 9.46. The number of nitrogens with zero attached hydrogens (tertiary/aromatic N) is 5. The molecule has 2 heterocycles. The van der Waals surface area contributed by atoms with Gasteiger partial charge in [-0.05, 0) is 55.3 Å². The highest BCUT2D eigenvalue weighted by molar-refractivity contribution is 7.10. The zero-order chi connectivity index (χ0) is 34.0. The van der Waals surface area contributed by atoms with Crippen molar-refractivity contribution >= 4 is 23.0 Å². The van der Waals surface area contributed by atoms with Crippen molar-refractivity contribution in [3.8, 4) is 17.3 Å². The molecule has 0 aliphatic carbocycles. The molecular formula is C34H32F3N6O3S+. The number of aryl methyl sites for hydroxylation is 2. The number of aromatic nitrogens is 4. The van der Waals surface area contributed by atoms with E-state index in [1.165, 1.54) is 40.2 Å². The Morgan fingerprint density at radius 2 is 1.79 bits per heavy atom. The molecule has 47 heavy (non-hydrogen) atoms. The Labute approximate surface area is 273 Å². The Morgan fingerprint density at radius 3 is 2.40 bits per heavy atom. The Balaban J connectivity index is 1.55. The average molecular weight is 662 g/mol. The Hall–Kier alpha value is -5.06. The summed E-state index contributed by atoms with van der Waals surface area (Å²) >= 11 is 1.20. The smallest absolute Gasteiger partial charge is 0.305 e. The first-order valence-electron chi connectivity index (χ1n) is 14.6. The molecule has 0 saturated heterocycles. The topological polar surface area (TPSA) is 117 Å². The van der Waals surface area contributed by atoms with Gasteiger partial charge in [0, 0.05) is 58.8 Å². The van der Waals surface area contributed by atoms with E-state index in [0.717, 1.165) is 22.4 Å². The van der Waals surface area contributed by atoms with Crippen molar-refractivity contribution in [3.05, 3.63) is 117 Å². The van der Waals surface area contributed by atoms with Crippen LogP contribution in [0.4, 0.5) is 18.9 Å². The predicted molar refractivity (Wildman–Crippen MR) is 169 cm³/mol. The maximum absolute atomic E-state index is 15.4. The van der Waals surface area contributed by atoms with Crippen molar-refractivity contribution in [2.24, 2.45) is 0 Å². The molecule has 0 aliphatic rings. The molecule has 0 bridgehead atoms. The highest BCUT2D eigenvalue weighted by Crippen LogP contribution is 2.42. The van der Waals surface area contributed by atoms with Crippen LogP contribution in [-0.2, 0) is 21.7 Å². The van der Waals surface area contributed by atoms with E-state index in [1.54, 1.807) is 36.6 Å². The van der Waals surface area contributed by atoms with Crippen LogP contribution in [0.15, 0.2) is 66.6 Å². The molecule has 0 radical (unpaired) electrons. The van der Waals surface area contributed by atoms with Crippen molar-refractivity contribution in [3.63, 3.8) is 0 Å². The van der Waals surface area contributed by atoms with Crippen molar-refractivity contribution < 1.29 is 32.4 Å². The van der Waals surface area contributed by atoms with Crippen LogP contribution >= 0.6 is 11.3 Å². The summed E-state index contributed by atoms with van der Waals surface area (Å²) in [5.74, 6) is -5.35. The van der Waals surface area contributed by atoms with Gasteiger partial charge in [-0.15, -0.1) is 16.0 Å². The number of carbonyl (C=O) groups excluding carboxylic acids is 1. The van der Waals surface area contributed by atoms with Crippen LogP contribution in [0.2, 0.25) is 0 Å². The number of esters is 1. The third kappa shape index (κ3) is 6.74. The van der Waals surface area contributed by atoms with E-state index in [1.807, 2.05) is 33.0 Å². The minimum atomic E-state index is -2.18. The van der Waals surface area contributed by atoms with Crippen LogP contribution in [0.25, 0.3) is 11.3 Å². The summed E-state index contributed by atoms with van der Waals surface area (Å²) in [6.45, 7) is 6.33. The number of nitrogens with one attached hydrogen (secondary N) is 1. The number of ether oxygens (including phenoxy) is 1. The summed E-state index contributed by atoms with van der Waals surface area (Å²) < 4.78 is 52.4. The van der Waals surface area contributed by atoms with Crippen LogP contribution in [0.5, 0.6) is 0 Å². The van der Waals surface area contributed by atoms with Gasteiger partial charge in [0.2, 0.25) is 6.33 Å². The minimum absolute atomic E-state index is 0.393. The second-order valence-electron chi connectivity index (χ2n) is 11.3. The summed E-state index contributed by atoms with van der Waals surface area (Å²) in [5, 5.41) is 31.1. The van der Waals surface area contributed by atoms with Crippen molar-refractivity contribution in [1.29, 1.82) is 5.26 Å². The van der Waals surface area contributed by atoms with E-state index in [0.29, 0.717) is 34.0 Å². The minimum Gasteiger partial charge on any atom is -0.424 e. The zero-order valence-electron chi connectivity index (χ0n) is 26.3. The van der Waals surface area contributed by atoms with E-state index < -0.39 is 53.3 Å². The number of halogens is 3. The molecule has 5 aromatic rings. The molecule has 3 atom stereocenters. The molecule has 0 amide bonds. The number of carbonyl (C=O) groups is 1. The van der Waals surface area contributed by atoms with E-state index in [-0.39, 0.29) is 0 Å². The molecule has 2 aromatic heterocycles. The maximum atomic E-state index is 15.4. The molecule has 0 spiro atoms. The molecule has 3 aromatic carbocycles. The first-order valence-corrected chi connectivity index (χ1v) is 15.4. The lowest BCUT2D eigenvalue weighted by Crippen LogP contribution is -2.42. The van der Waals surface area contributed by atoms with Gasteiger partial charge in [0.15, 0.2) is 11.6 Å². The van der Waals surface area contributed by atoms with Gasteiger partial charge in [-0.25, -0.2) is 18.2 Å². The normalized spacial score (nSPS) is 13.8. The van der Waals surface area contributed by atoms with Gasteiger partial charge in [0.1, 0.15) is 18.0 Å². The average Bonchev–Trinajstić information content (AvgIpc) is 3.71. The number of nitriles is 1. The standard InChI is InChI=1S/C34H32F3N6O3S/c1-19-10-25(11-20(2)31(19)39-5)33(46-22(4)44)42-17-40-43(18-42)16-34(45,26-12-28(36)29(37)13-27(26)35)21(3)32-41-30(15-47-32)24-8-6-23(14-38)7-9-24/h6-13,15,17-18,21,33,39,45H,16H2,1-5H3/q+1/t21-,33?,34+/m0/s1. The fourth-order valence-corrected chi connectivity index (χ4v) is 6.60. The van der Waals surface area contributed by atoms with E-state index in [9.17, 15) is 18.7 Å². The molecule has 242 valence electrons. The van der Waals surface area contributed by atoms with E-state index in [4.69, 9.17) is 10.00 Å². The molecular weight excluding hydrogens is 629 g/mol. The fourth-order valence-electron chi connectivity index (χ4n) is 5.63. The highest BCUT2D eigenvalue weighted by atomic mass is 32.1. The van der Waals surface area contributed by atoms with Crippen LogP contribution in [-0.4, -0.2) is 32.9 Å². The largest absolute Gasteiger partial charge is 0.424 e. The number of rotatable bonds is 10. The fraction of sp³-hybridized carbons (Fsp3) is 0.265. The van der Waals surface area contributed by atoms with E-state index >= 15 is 4.39 Å². The number of hydrogen-bond donors (Lipinski definition) is 2. The molecule has 0 fully saturated rings. The van der Waals surface area contributed by atoms with Gasteiger partial charge in [-0.1, -0.05) is 19.1 Å². The molecule has 5 rings (SSSR count). The second kappa shape index (κ2) is 13.4. The van der Waals surface area contributed by atoms with Gasteiger partial charge in [0.25, 0.3) is 12.6 Å². The quantitative estimate of drug-likeness (QED) is 0.106. The number of thiazole rings is 1. The molecule has 0 saturated carbocycles. The van der Waals surface area contributed by atoms with Gasteiger partial charge in [-0.3, -0.25) is 4.79 Å². The Morgan fingerprint density at radius 1 is 1.13 bits per heavy atom. The summed E-state index contributed by atoms with van der Waals surface area (Å²) in [7, 11) is 1.81. The van der Waals surface area contributed by atoms with Crippen LogP contribution in [0.1, 0.15) is 58.8 Å². The SMILES string of the molecule is CNc1c(C)cc(C(OC(C)=O)[n+]2cnn(C[C@](O)(c3cc(F)c(F)cc3F)[C@@H](C)c3nc(-c4ccc(C#N)cc4)cs3)c2)cc1C. The lowest BCUT2D eigenvalue weighted by atomic mass is 9.82. The summed E-state index contributed by atoms with van der Waals surface area (Å²) in [5.41, 5.74) is 2.55. The van der Waals surface area contributed by atoms with Crippen molar-refractivity contribution in [1.82, 2.24) is 14.8 Å². The number of benzene rings is 3. The van der Waals surface area contributed by atoms with E-state index in [2.05, 4.69) is 21.5 Å². The molecule has 0 aliphatic heterocycles. The summed E-state index contributed by atoms with van der Waals surface area (Å²) in [6.07, 6.45) is 1.94. The molecule has 13 heteroatoms. The third-order valence-electron chi connectivity index (χ3n) is 8.04. The molecule has 2 N–H and O–H groups in total. The maximum Gasteiger partial charge on any atom is 0.305 e. The van der Waals surface area contributed by atoms with Crippen molar-refractivity contribution in [2.45, 2.75) is 52.0 Å². The summed E-state index contributed by atoms with van der Waals surface area (Å²) in [6, 6.07) is 13.6. The van der Waals surface area contributed by atoms with Gasteiger partial charge in [0.05, 0.1) is 22.3 Å². The second-order valence-corrected chi connectivity index (χ2v) is 12.2. The van der Waals surface area contributed by atoms with Gasteiger partial charge >= 0.3 is 5.97 Å². The Bertz CT molecular complexity index is 1960. The first kappa shape index (κ1) is 33.3. The number of anilines is 1. The van der Waals surface area contributed by atoms with Crippen LogP contribution in [0, 0.1) is 42.6 Å². The zero-order valence-corrected chi connectivity index (χ0v) is 27.1. The first-order chi connectivity index (χ1) is 22.3.